The normalized spacial score (nSPS) is 11.3. The van der Waals surface area contributed by atoms with E-state index in [0.29, 0.717) is 19.4 Å². The average Bonchev–Trinajstić information content (AvgIpc) is 2.89. The predicted octanol–water partition coefficient (Wildman–Crippen LogP) is 6.81. The van der Waals surface area contributed by atoms with Crippen LogP contribution in [0.2, 0.25) is 0 Å². The molecule has 1 aromatic heterocycles. The van der Waals surface area contributed by atoms with Gasteiger partial charge in [-0.25, -0.2) is 0 Å². The van der Waals surface area contributed by atoms with Crippen LogP contribution in [0.5, 0.6) is 5.75 Å². The third-order valence-corrected chi connectivity index (χ3v) is 7.79. The van der Waals surface area contributed by atoms with Crippen molar-refractivity contribution in [2.75, 3.05) is 6.61 Å². The summed E-state index contributed by atoms with van der Waals surface area (Å²) < 4.78 is 11.6. The molecular weight excluding hydrogens is 454 g/mol. The molecule has 0 unspecified atom stereocenters. The number of pyridine rings is 1. The zero-order valence-electron chi connectivity index (χ0n) is 20.1. The van der Waals surface area contributed by atoms with E-state index in [-0.39, 0.29) is 16.9 Å². The monoisotopic (exact) mass is 484 g/mol. The molecule has 0 aliphatic rings. The molecule has 4 aromatic rings. The number of ether oxygens (including phenoxy) is 2. The fourth-order valence-electron chi connectivity index (χ4n) is 3.75. The number of benzene rings is 3. The van der Waals surface area contributed by atoms with Crippen molar-refractivity contribution in [1.29, 1.82) is 0 Å². The van der Waals surface area contributed by atoms with Gasteiger partial charge in [0.05, 0.1) is 17.5 Å². The van der Waals surface area contributed by atoms with Crippen molar-refractivity contribution in [3.8, 4) is 5.75 Å². The van der Waals surface area contributed by atoms with Crippen molar-refractivity contribution in [3.05, 3.63) is 115 Å². The van der Waals surface area contributed by atoms with Crippen molar-refractivity contribution in [2.45, 2.75) is 47.0 Å². The second kappa shape index (κ2) is 11.7. The Morgan fingerprint density at radius 1 is 0.771 bits per heavy atom. The van der Waals surface area contributed by atoms with Crippen LogP contribution in [0.4, 0.5) is 0 Å². The van der Waals surface area contributed by atoms with Gasteiger partial charge in [0.2, 0.25) is 0 Å². The van der Waals surface area contributed by atoms with Crippen LogP contribution in [0.15, 0.2) is 124 Å². The largest absolute Gasteiger partial charge is 0.494 e. The minimum Gasteiger partial charge on any atom is -0.494 e. The lowest BCUT2D eigenvalue weighted by atomic mass is 9.99. The third kappa shape index (κ3) is 6.74. The molecule has 35 heavy (non-hydrogen) atoms. The Labute approximate surface area is 210 Å². The maximum Gasteiger partial charge on any atom is 0.306 e. The second-order valence-electron chi connectivity index (χ2n) is 8.58. The molecule has 0 bridgehead atoms. The van der Waals surface area contributed by atoms with Crippen LogP contribution < -0.4 is 4.74 Å². The van der Waals surface area contributed by atoms with E-state index in [1.807, 2.05) is 50.2 Å². The number of hydrogen-bond acceptors (Lipinski definition) is 4. The first-order valence-electron chi connectivity index (χ1n) is 11.7. The highest BCUT2D eigenvalue weighted by atomic mass is 32.2. The minimum absolute atomic E-state index is 0.183. The Morgan fingerprint density at radius 2 is 1.31 bits per heavy atom. The van der Waals surface area contributed by atoms with Crippen LogP contribution in [0, 0.1) is 0 Å². The molecule has 0 amide bonds. The number of aromatic nitrogens is 1. The van der Waals surface area contributed by atoms with E-state index >= 15 is 0 Å². The number of nitrogens with zero attached hydrogens (tertiary/aromatic N) is 1. The Kier molecular flexibility index (Phi) is 8.22. The van der Waals surface area contributed by atoms with E-state index in [1.54, 1.807) is 12.4 Å². The second-order valence-corrected chi connectivity index (χ2v) is 10.6. The van der Waals surface area contributed by atoms with Gasteiger partial charge in [0, 0.05) is 18.8 Å². The molecular formula is C30H30NO3S+. The summed E-state index contributed by atoms with van der Waals surface area (Å²) in [6.07, 6.45) is 4.29. The van der Waals surface area contributed by atoms with Gasteiger partial charge in [-0.05, 0) is 86.5 Å². The molecule has 0 spiro atoms. The van der Waals surface area contributed by atoms with Gasteiger partial charge in [-0.2, -0.15) is 0 Å². The molecule has 0 atom stereocenters. The fraction of sp³-hybridized carbons (Fsp3) is 0.200. The standard InChI is InChI=1S/C30H30NO3S/c1-30(2,24-19-21-31-22-20-24)34-29(32)14-9-23-33-25-15-17-28(18-16-25)35(26-10-5-3-6-11-26)27-12-7-4-8-13-27/h3-8,10-13,15-22H,9,14,23H2,1-2H3/q+1. The quantitative estimate of drug-likeness (QED) is 0.141. The minimum atomic E-state index is -0.689. The van der Waals surface area contributed by atoms with Crippen molar-refractivity contribution in [1.82, 2.24) is 4.98 Å². The van der Waals surface area contributed by atoms with Crippen LogP contribution >= 0.6 is 0 Å². The highest BCUT2D eigenvalue weighted by molar-refractivity contribution is 7.97. The molecule has 4 rings (SSSR count). The van der Waals surface area contributed by atoms with Crippen LogP contribution in [0.1, 0.15) is 32.3 Å². The Balaban J connectivity index is 1.32. The summed E-state index contributed by atoms with van der Waals surface area (Å²) in [5, 5.41) is 0. The first-order chi connectivity index (χ1) is 17.0. The van der Waals surface area contributed by atoms with Crippen LogP contribution in [0.3, 0.4) is 0 Å². The van der Waals surface area contributed by atoms with Gasteiger partial charge in [0.1, 0.15) is 11.4 Å². The average molecular weight is 485 g/mol. The Morgan fingerprint density at radius 3 is 1.89 bits per heavy atom. The van der Waals surface area contributed by atoms with Crippen molar-refractivity contribution in [2.24, 2.45) is 0 Å². The highest BCUT2D eigenvalue weighted by Gasteiger charge is 2.28. The lowest BCUT2D eigenvalue weighted by Gasteiger charge is -2.25. The molecule has 0 N–H and O–H groups in total. The number of hydrogen-bond donors (Lipinski definition) is 0. The topological polar surface area (TPSA) is 48.4 Å². The number of esters is 1. The fourth-order valence-corrected chi connectivity index (χ4v) is 5.83. The van der Waals surface area contributed by atoms with Gasteiger partial charge in [0.15, 0.2) is 14.7 Å². The summed E-state index contributed by atoms with van der Waals surface area (Å²) in [7, 11) is -0.183. The van der Waals surface area contributed by atoms with Crippen molar-refractivity contribution < 1.29 is 14.3 Å². The molecule has 0 fully saturated rings. The summed E-state index contributed by atoms with van der Waals surface area (Å²) >= 11 is 0. The number of carbonyl (C=O) groups excluding carboxylic acids is 1. The maximum atomic E-state index is 12.3. The third-order valence-electron chi connectivity index (χ3n) is 5.56. The van der Waals surface area contributed by atoms with E-state index in [0.717, 1.165) is 11.3 Å². The van der Waals surface area contributed by atoms with Gasteiger partial charge in [-0.3, -0.25) is 9.78 Å². The van der Waals surface area contributed by atoms with Crippen LogP contribution in [-0.4, -0.2) is 17.6 Å². The smallest absolute Gasteiger partial charge is 0.306 e. The van der Waals surface area contributed by atoms with E-state index in [9.17, 15) is 4.79 Å². The van der Waals surface area contributed by atoms with Gasteiger partial charge in [-0.15, -0.1) is 0 Å². The zero-order valence-corrected chi connectivity index (χ0v) is 20.9. The maximum absolute atomic E-state index is 12.3. The van der Waals surface area contributed by atoms with Gasteiger partial charge >= 0.3 is 5.97 Å². The molecule has 3 aromatic carbocycles. The van der Waals surface area contributed by atoms with Crippen LogP contribution in [-0.2, 0) is 26.0 Å². The number of carbonyl (C=O) groups is 1. The number of rotatable bonds is 10. The highest BCUT2D eigenvalue weighted by Crippen LogP contribution is 2.32. The molecule has 4 nitrogen and oxygen atoms in total. The predicted molar refractivity (Wildman–Crippen MR) is 140 cm³/mol. The Bertz CT molecular complexity index is 1160. The Hall–Kier alpha value is -3.57. The van der Waals surface area contributed by atoms with Crippen molar-refractivity contribution in [3.63, 3.8) is 0 Å². The van der Waals surface area contributed by atoms with E-state index in [4.69, 9.17) is 9.47 Å². The lowest BCUT2D eigenvalue weighted by molar-refractivity contribution is -0.157. The van der Waals surface area contributed by atoms with Gasteiger partial charge in [-0.1, -0.05) is 36.4 Å². The summed E-state index contributed by atoms with van der Waals surface area (Å²) in [6.45, 7) is 4.22. The van der Waals surface area contributed by atoms with E-state index < -0.39 is 5.60 Å². The lowest BCUT2D eigenvalue weighted by Crippen LogP contribution is -2.25. The molecule has 178 valence electrons. The first kappa shape index (κ1) is 24.6. The summed E-state index contributed by atoms with van der Waals surface area (Å²) in [5.74, 6) is 0.560. The summed E-state index contributed by atoms with van der Waals surface area (Å²) in [5.41, 5.74) is 0.230. The van der Waals surface area contributed by atoms with Gasteiger partial charge < -0.3 is 9.47 Å². The summed E-state index contributed by atoms with van der Waals surface area (Å²) in [4.78, 5) is 20.1. The molecule has 0 radical (unpaired) electrons. The van der Waals surface area contributed by atoms with E-state index in [2.05, 4.69) is 65.6 Å². The van der Waals surface area contributed by atoms with E-state index in [1.165, 1.54) is 14.7 Å². The van der Waals surface area contributed by atoms with Crippen LogP contribution in [0.25, 0.3) is 0 Å². The summed E-state index contributed by atoms with van der Waals surface area (Å²) in [6, 6.07) is 33.1. The molecule has 0 aliphatic heterocycles. The molecule has 5 heteroatoms. The molecule has 0 saturated heterocycles. The molecule has 1 heterocycles. The van der Waals surface area contributed by atoms with Crippen molar-refractivity contribution >= 4 is 16.9 Å². The molecule has 0 saturated carbocycles. The van der Waals surface area contributed by atoms with Gasteiger partial charge in [0.25, 0.3) is 0 Å². The first-order valence-corrected chi connectivity index (χ1v) is 12.9. The molecule has 0 aliphatic carbocycles. The zero-order chi connectivity index (χ0) is 24.5. The SMILES string of the molecule is CC(C)(OC(=O)CCCOc1ccc([S+](c2ccccc2)c2ccccc2)cc1)c1ccncc1.